The minimum atomic E-state index is -5.02. The lowest BCUT2D eigenvalue weighted by atomic mass is 10.1. The Labute approximate surface area is 188 Å². The van der Waals surface area contributed by atoms with Crippen LogP contribution >= 0.6 is 0 Å². The van der Waals surface area contributed by atoms with Gasteiger partial charge < -0.3 is 5.11 Å². The lowest BCUT2D eigenvalue weighted by molar-refractivity contribution is 0.101. The van der Waals surface area contributed by atoms with E-state index in [0.29, 0.717) is 23.6 Å². The molecule has 174 valence electrons. The van der Waals surface area contributed by atoms with Gasteiger partial charge in [-0.25, -0.2) is 8.42 Å². The number of nitrogens with zero attached hydrogens (tertiary/aromatic N) is 1. The summed E-state index contributed by atoms with van der Waals surface area (Å²) in [4.78, 5) is 11.3. The molecule has 0 aromatic heterocycles. The van der Waals surface area contributed by atoms with Crippen molar-refractivity contribution in [1.29, 1.82) is 0 Å². The zero-order chi connectivity index (χ0) is 24.8. The van der Waals surface area contributed by atoms with Crippen molar-refractivity contribution in [2.75, 3.05) is 4.31 Å². The van der Waals surface area contributed by atoms with Crippen LogP contribution in [-0.4, -0.2) is 45.4 Å². The monoisotopic (exact) mass is 513 g/mol. The van der Waals surface area contributed by atoms with E-state index in [-0.39, 0.29) is 9.87 Å². The Morgan fingerprint density at radius 2 is 1.48 bits per heavy atom. The Balaban J connectivity index is 2.51. The summed E-state index contributed by atoms with van der Waals surface area (Å²) in [5.74, 6) is -2.10. The van der Waals surface area contributed by atoms with Crippen molar-refractivity contribution in [3.05, 3.63) is 72.1 Å². The highest BCUT2D eigenvalue weighted by molar-refractivity contribution is 7.96. The molecule has 0 heterocycles. The standard InChI is InChI=1S/C19H15NO10S3/c1-2-31(23,24)20(19(22)12-6-4-3-5-7-12)15-8-9-17(33(28,29)30)14-10-13(32(25,26)27)11-16(21)18(14)15/h2-11,21H,1H2,(H,25,26,27)(H,28,29,30). The highest BCUT2D eigenvalue weighted by Crippen LogP contribution is 2.41. The highest BCUT2D eigenvalue weighted by atomic mass is 32.2. The van der Waals surface area contributed by atoms with Crippen LogP contribution in [0.25, 0.3) is 10.8 Å². The quantitative estimate of drug-likeness (QED) is 0.413. The normalized spacial score (nSPS) is 12.4. The van der Waals surface area contributed by atoms with Gasteiger partial charge >= 0.3 is 0 Å². The number of anilines is 1. The molecule has 3 aromatic rings. The first-order valence-electron chi connectivity index (χ1n) is 8.70. The molecule has 33 heavy (non-hydrogen) atoms. The molecule has 0 aliphatic carbocycles. The summed E-state index contributed by atoms with van der Waals surface area (Å²) in [6, 6.07) is 9.77. The van der Waals surface area contributed by atoms with E-state index >= 15 is 0 Å². The topological polar surface area (TPSA) is 183 Å². The van der Waals surface area contributed by atoms with Gasteiger partial charge in [-0.1, -0.05) is 24.8 Å². The molecule has 14 heteroatoms. The van der Waals surface area contributed by atoms with Crippen molar-refractivity contribution in [2.24, 2.45) is 0 Å². The smallest absolute Gasteiger partial charge is 0.295 e. The van der Waals surface area contributed by atoms with Crippen molar-refractivity contribution in [2.45, 2.75) is 9.79 Å². The molecule has 11 nitrogen and oxygen atoms in total. The third-order valence-electron chi connectivity index (χ3n) is 4.47. The number of carbonyl (C=O) groups excluding carboxylic acids is 1. The van der Waals surface area contributed by atoms with Gasteiger partial charge in [-0.15, -0.1) is 0 Å². The minimum absolute atomic E-state index is 0.0935. The molecule has 0 radical (unpaired) electrons. The van der Waals surface area contributed by atoms with Crippen molar-refractivity contribution >= 4 is 52.6 Å². The Bertz CT molecular complexity index is 1610. The van der Waals surface area contributed by atoms with Crippen LogP contribution in [0.4, 0.5) is 5.69 Å². The van der Waals surface area contributed by atoms with Crippen molar-refractivity contribution in [1.82, 2.24) is 0 Å². The van der Waals surface area contributed by atoms with Crippen LogP contribution in [0.5, 0.6) is 5.75 Å². The summed E-state index contributed by atoms with van der Waals surface area (Å²) in [6.45, 7) is 3.17. The van der Waals surface area contributed by atoms with Crippen LogP contribution in [0.2, 0.25) is 0 Å². The summed E-state index contributed by atoms with van der Waals surface area (Å²) >= 11 is 0. The second-order valence-corrected chi connectivity index (χ2v) is 11.1. The molecule has 0 unspecified atom stereocenters. The maximum atomic E-state index is 13.1. The molecule has 0 aliphatic heterocycles. The molecule has 0 atom stereocenters. The van der Waals surface area contributed by atoms with Gasteiger partial charge in [0.1, 0.15) is 10.6 Å². The number of hydrogen-bond donors (Lipinski definition) is 3. The first-order valence-corrected chi connectivity index (χ1v) is 13.1. The number of fused-ring (bicyclic) bond motifs is 1. The molecule has 3 N–H and O–H groups in total. The van der Waals surface area contributed by atoms with E-state index in [1.54, 1.807) is 6.07 Å². The Morgan fingerprint density at radius 1 is 0.879 bits per heavy atom. The van der Waals surface area contributed by atoms with Crippen LogP contribution < -0.4 is 4.31 Å². The average molecular weight is 514 g/mol. The Kier molecular flexibility index (Phi) is 6.08. The number of aromatic hydroxyl groups is 1. The minimum Gasteiger partial charge on any atom is -0.507 e. The molecule has 0 saturated heterocycles. The van der Waals surface area contributed by atoms with Crippen molar-refractivity contribution in [3.63, 3.8) is 0 Å². The van der Waals surface area contributed by atoms with Crippen molar-refractivity contribution in [3.8, 4) is 5.75 Å². The number of sulfonamides is 1. The number of hydrogen-bond acceptors (Lipinski definition) is 8. The zero-order valence-electron chi connectivity index (χ0n) is 16.4. The van der Waals surface area contributed by atoms with Crippen molar-refractivity contribution < 1.29 is 44.3 Å². The number of phenols is 1. The third-order valence-corrected chi connectivity index (χ3v) is 7.51. The van der Waals surface area contributed by atoms with E-state index < -0.39 is 68.2 Å². The molecule has 3 rings (SSSR count). The number of phenolic OH excluding ortho intramolecular Hbond substituents is 1. The van der Waals surface area contributed by atoms with Crippen LogP contribution in [0, 0.1) is 0 Å². The van der Waals surface area contributed by atoms with E-state index in [1.165, 1.54) is 24.3 Å². The predicted octanol–water partition coefficient (Wildman–Crippen LogP) is 2.16. The lowest BCUT2D eigenvalue weighted by Crippen LogP contribution is -2.35. The number of rotatable bonds is 6. The number of benzene rings is 3. The van der Waals surface area contributed by atoms with Crippen LogP contribution in [0.1, 0.15) is 10.4 Å². The molecular formula is C19H15NO10S3. The summed E-state index contributed by atoms with van der Waals surface area (Å²) < 4.78 is 91.5. The first kappa shape index (κ1) is 24.3. The highest BCUT2D eigenvalue weighted by Gasteiger charge is 2.32. The summed E-state index contributed by atoms with van der Waals surface area (Å²) in [7, 11) is -14.6. The molecule has 0 bridgehead atoms. The molecule has 0 fully saturated rings. The first-order chi connectivity index (χ1) is 15.2. The summed E-state index contributed by atoms with van der Waals surface area (Å²) in [5, 5.41) is 9.68. The van der Waals surface area contributed by atoms with Crippen LogP contribution in [0.15, 0.2) is 76.4 Å². The third kappa shape index (κ3) is 4.60. The molecule has 0 aliphatic rings. The van der Waals surface area contributed by atoms with E-state index in [0.717, 1.165) is 6.07 Å². The SMILES string of the molecule is C=CS(=O)(=O)N(C(=O)c1ccccc1)c1ccc(S(=O)(=O)O)c2cc(S(=O)(=O)O)cc(O)c12. The van der Waals surface area contributed by atoms with Gasteiger partial charge in [0, 0.05) is 27.8 Å². The van der Waals surface area contributed by atoms with Gasteiger partial charge in [-0.05, 0) is 30.3 Å². The van der Waals surface area contributed by atoms with Crippen LogP contribution in [0.3, 0.4) is 0 Å². The fourth-order valence-electron chi connectivity index (χ4n) is 3.07. The summed E-state index contributed by atoms with van der Waals surface area (Å²) in [5.41, 5.74) is -0.658. The molecule has 0 spiro atoms. The van der Waals surface area contributed by atoms with E-state index in [9.17, 15) is 44.3 Å². The maximum absolute atomic E-state index is 13.1. The molecule has 3 aromatic carbocycles. The fraction of sp³-hybridized carbons (Fsp3) is 0. The number of amides is 1. The summed E-state index contributed by atoms with van der Waals surface area (Å²) in [6.07, 6.45) is 0. The van der Waals surface area contributed by atoms with Gasteiger partial charge in [-0.2, -0.15) is 21.1 Å². The maximum Gasteiger partial charge on any atom is 0.295 e. The largest absolute Gasteiger partial charge is 0.507 e. The van der Waals surface area contributed by atoms with E-state index in [4.69, 9.17) is 0 Å². The fourth-order valence-corrected chi connectivity index (χ4v) is 5.19. The lowest BCUT2D eigenvalue weighted by Gasteiger charge is -2.23. The Morgan fingerprint density at radius 3 is 2.00 bits per heavy atom. The Hall–Kier alpha value is -3.30. The van der Waals surface area contributed by atoms with Gasteiger partial charge in [0.25, 0.3) is 36.2 Å². The van der Waals surface area contributed by atoms with Crippen LogP contribution in [-0.2, 0) is 30.3 Å². The van der Waals surface area contributed by atoms with E-state index in [1.807, 2.05) is 0 Å². The van der Waals surface area contributed by atoms with E-state index in [2.05, 4.69) is 6.58 Å². The average Bonchev–Trinajstić information content (AvgIpc) is 2.72. The molecule has 1 amide bonds. The predicted molar refractivity (Wildman–Crippen MR) is 118 cm³/mol. The molecule has 0 saturated carbocycles. The van der Waals surface area contributed by atoms with Gasteiger partial charge in [0.15, 0.2) is 0 Å². The van der Waals surface area contributed by atoms with Gasteiger partial charge in [0.05, 0.1) is 10.6 Å². The zero-order valence-corrected chi connectivity index (χ0v) is 18.8. The second kappa shape index (κ2) is 8.24. The van der Waals surface area contributed by atoms with Gasteiger partial charge in [0.2, 0.25) is 0 Å². The second-order valence-electron chi connectivity index (χ2n) is 6.55. The van der Waals surface area contributed by atoms with Gasteiger partial charge in [-0.3, -0.25) is 13.9 Å². The molecular weight excluding hydrogens is 498 g/mol. The number of carbonyl (C=O) groups is 1.